The standard InChI is InChI=1S/C14H11NO2.C2H6/c1-17-14(16)13-5-4-11-8-10(6-7-15)2-3-12(11)9-13;1-2/h2-5,8-9H,6H2,1H3;1-2H3. The van der Waals surface area contributed by atoms with Crippen LogP contribution < -0.4 is 0 Å². The highest BCUT2D eigenvalue weighted by atomic mass is 16.5. The molecule has 0 radical (unpaired) electrons. The van der Waals surface area contributed by atoms with Gasteiger partial charge in [0.1, 0.15) is 0 Å². The van der Waals surface area contributed by atoms with Crippen LogP contribution in [0.15, 0.2) is 36.4 Å². The second-order valence-electron chi connectivity index (χ2n) is 3.72. The van der Waals surface area contributed by atoms with Gasteiger partial charge in [-0.25, -0.2) is 4.79 Å². The van der Waals surface area contributed by atoms with Gasteiger partial charge in [-0.1, -0.05) is 38.1 Å². The first kappa shape index (κ1) is 14.7. The van der Waals surface area contributed by atoms with Crippen molar-refractivity contribution in [2.24, 2.45) is 0 Å². The number of carbonyl (C=O) groups is 1. The van der Waals surface area contributed by atoms with Crippen LogP contribution in [0.2, 0.25) is 0 Å². The molecule has 0 heterocycles. The SMILES string of the molecule is CC.COC(=O)c1ccc2cc(CC#N)ccc2c1. The van der Waals surface area contributed by atoms with Gasteiger partial charge >= 0.3 is 5.97 Å². The van der Waals surface area contributed by atoms with Crippen LogP contribution in [-0.2, 0) is 11.2 Å². The van der Waals surface area contributed by atoms with Crippen molar-refractivity contribution in [3.8, 4) is 6.07 Å². The number of hydrogen-bond acceptors (Lipinski definition) is 3. The average Bonchev–Trinajstić information content (AvgIpc) is 2.48. The molecule has 0 aliphatic rings. The minimum atomic E-state index is -0.340. The van der Waals surface area contributed by atoms with Crippen molar-refractivity contribution < 1.29 is 9.53 Å². The highest BCUT2D eigenvalue weighted by molar-refractivity contribution is 5.95. The summed E-state index contributed by atoms with van der Waals surface area (Å²) in [6.07, 6.45) is 0.398. The molecule has 0 bridgehead atoms. The summed E-state index contributed by atoms with van der Waals surface area (Å²) in [5, 5.41) is 10.6. The lowest BCUT2D eigenvalue weighted by Gasteiger charge is -2.03. The third-order valence-corrected chi connectivity index (χ3v) is 2.61. The molecule has 2 rings (SSSR count). The summed E-state index contributed by atoms with van der Waals surface area (Å²) in [4.78, 5) is 11.4. The molecule has 19 heavy (non-hydrogen) atoms. The monoisotopic (exact) mass is 255 g/mol. The molecule has 0 amide bonds. The molecule has 0 fully saturated rings. The van der Waals surface area contributed by atoms with Gasteiger partial charge in [0.05, 0.1) is 25.2 Å². The minimum absolute atomic E-state index is 0.340. The quantitative estimate of drug-likeness (QED) is 0.768. The molecule has 0 aliphatic carbocycles. The normalized spacial score (nSPS) is 9.16. The maximum absolute atomic E-state index is 11.4. The molecule has 0 unspecified atom stereocenters. The molecular formula is C16H17NO2. The summed E-state index contributed by atoms with van der Waals surface area (Å²) in [7, 11) is 1.36. The molecular weight excluding hydrogens is 238 g/mol. The number of benzene rings is 2. The molecule has 3 nitrogen and oxygen atoms in total. The van der Waals surface area contributed by atoms with Gasteiger partial charge in [0.25, 0.3) is 0 Å². The fourth-order valence-corrected chi connectivity index (χ4v) is 1.74. The number of carbonyl (C=O) groups excluding carboxylic acids is 1. The van der Waals surface area contributed by atoms with Crippen LogP contribution in [0.1, 0.15) is 29.8 Å². The van der Waals surface area contributed by atoms with Gasteiger partial charge < -0.3 is 4.74 Å². The first-order valence-electron chi connectivity index (χ1n) is 6.22. The molecule has 0 aromatic heterocycles. The van der Waals surface area contributed by atoms with E-state index in [-0.39, 0.29) is 5.97 Å². The van der Waals surface area contributed by atoms with E-state index in [1.807, 2.05) is 38.1 Å². The average molecular weight is 255 g/mol. The van der Waals surface area contributed by atoms with Gasteiger partial charge in [0, 0.05) is 0 Å². The van der Waals surface area contributed by atoms with Crippen molar-refractivity contribution in [1.82, 2.24) is 0 Å². The van der Waals surface area contributed by atoms with Crippen LogP contribution in [0.3, 0.4) is 0 Å². The summed E-state index contributed by atoms with van der Waals surface area (Å²) in [6, 6.07) is 13.3. The number of esters is 1. The zero-order valence-corrected chi connectivity index (χ0v) is 11.4. The lowest BCUT2D eigenvalue weighted by Crippen LogP contribution is -2.00. The molecule has 0 spiro atoms. The van der Waals surface area contributed by atoms with E-state index in [1.165, 1.54) is 7.11 Å². The van der Waals surface area contributed by atoms with E-state index in [2.05, 4.69) is 10.8 Å². The van der Waals surface area contributed by atoms with Crippen molar-refractivity contribution in [2.75, 3.05) is 7.11 Å². The Balaban J connectivity index is 0.000000861. The molecule has 2 aromatic rings. The van der Waals surface area contributed by atoms with Crippen molar-refractivity contribution in [3.05, 3.63) is 47.5 Å². The van der Waals surface area contributed by atoms with Crippen molar-refractivity contribution in [1.29, 1.82) is 5.26 Å². The summed E-state index contributed by atoms with van der Waals surface area (Å²) in [6.45, 7) is 4.00. The van der Waals surface area contributed by atoms with E-state index in [0.29, 0.717) is 12.0 Å². The van der Waals surface area contributed by atoms with Gasteiger partial charge in [-0.2, -0.15) is 5.26 Å². The van der Waals surface area contributed by atoms with E-state index in [9.17, 15) is 4.79 Å². The maximum Gasteiger partial charge on any atom is 0.337 e. The first-order chi connectivity index (χ1) is 9.24. The Hall–Kier alpha value is -2.34. The Bertz CT molecular complexity index is 612. The molecule has 0 atom stereocenters. The van der Waals surface area contributed by atoms with Gasteiger partial charge in [-0.05, 0) is 28.5 Å². The van der Waals surface area contributed by atoms with Gasteiger partial charge in [0.2, 0.25) is 0 Å². The zero-order valence-electron chi connectivity index (χ0n) is 11.4. The van der Waals surface area contributed by atoms with Crippen LogP contribution in [0, 0.1) is 11.3 Å². The number of hydrogen-bond donors (Lipinski definition) is 0. The van der Waals surface area contributed by atoms with Gasteiger partial charge in [-0.3, -0.25) is 0 Å². The number of ether oxygens (including phenoxy) is 1. The second-order valence-corrected chi connectivity index (χ2v) is 3.72. The van der Waals surface area contributed by atoms with Crippen molar-refractivity contribution in [3.63, 3.8) is 0 Å². The third kappa shape index (κ3) is 3.56. The van der Waals surface area contributed by atoms with Gasteiger partial charge in [0.15, 0.2) is 0 Å². The number of fused-ring (bicyclic) bond motifs is 1. The molecule has 0 N–H and O–H groups in total. The van der Waals surface area contributed by atoms with Gasteiger partial charge in [-0.15, -0.1) is 0 Å². The smallest absolute Gasteiger partial charge is 0.337 e. The summed E-state index contributed by atoms with van der Waals surface area (Å²) >= 11 is 0. The minimum Gasteiger partial charge on any atom is -0.465 e. The molecule has 0 saturated heterocycles. The van der Waals surface area contributed by atoms with Crippen molar-refractivity contribution in [2.45, 2.75) is 20.3 Å². The third-order valence-electron chi connectivity index (χ3n) is 2.61. The Morgan fingerprint density at radius 3 is 2.42 bits per heavy atom. The molecule has 98 valence electrons. The highest BCUT2D eigenvalue weighted by Gasteiger charge is 2.05. The number of rotatable bonds is 2. The van der Waals surface area contributed by atoms with E-state index in [4.69, 9.17) is 5.26 Å². The molecule has 0 saturated carbocycles. The molecule has 0 aliphatic heterocycles. The van der Waals surface area contributed by atoms with Crippen LogP contribution in [0.4, 0.5) is 0 Å². The number of methoxy groups -OCH3 is 1. The topological polar surface area (TPSA) is 50.1 Å². The largest absolute Gasteiger partial charge is 0.465 e. The van der Waals surface area contributed by atoms with E-state index >= 15 is 0 Å². The second kappa shape index (κ2) is 7.17. The van der Waals surface area contributed by atoms with Crippen LogP contribution >= 0.6 is 0 Å². The predicted molar refractivity (Wildman–Crippen MR) is 76.0 cm³/mol. The van der Waals surface area contributed by atoms with Crippen LogP contribution in [0.5, 0.6) is 0 Å². The zero-order chi connectivity index (χ0) is 14.3. The maximum atomic E-state index is 11.4. The van der Waals surface area contributed by atoms with Crippen LogP contribution in [0.25, 0.3) is 10.8 Å². The Labute approximate surface area is 113 Å². The summed E-state index contributed by atoms with van der Waals surface area (Å²) in [5.74, 6) is -0.340. The molecule has 2 aromatic carbocycles. The summed E-state index contributed by atoms with van der Waals surface area (Å²) in [5.41, 5.74) is 1.51. The lowest BCUT2D eigenvalue weighted by molar-refractivity contribution is 0.0601. The number of nitriles is 1. The number of nitrogens with zero attached hydrogens (tertiary/aromatic N) is 1. The lowest BCUT2D eigenvalue weighted by atomic mass is 10.0. The Kier molecular flexibility index (Phi) is 5.56. The van der Waals surface area contributed by atoms with Crippen molar-refractivity contribution >= 4 is 16.7 Å². The highest BCUT2D eigenvalue weighted by Crippen LogP contribution is 2.18. The Morgan fingerprint density at radius 1 is 1.16 bits per heavy atom. The Morgan fingerprint density at radius 2 is 1.79 bits per heavy atom. The van der Waals surface area contributed by atoms with E-state index < -0.39 is 0 Å². The van der Waals surface area contributed by atoms with E-state index in [1.54, 1.807) is 12.1 Å². The summed E-state index contributed by atoms with van der Waals surface area (Å²) < 4.78 is 4.67. The first-order valence-corrected chi connectivity index (χ1v) is 6.22. The fraction of sp³-hybridized carbons (Fsp3) is 0.250. The fourth-order valence-electron chi connectivity index (χ4n) is 1.74. The van der Waals surface area contributed by atoms with E-state index in [0.717, 1.165) is 16.3 Å². The predicted octanol–water partition coefficient (Wildman–Crippen LogP) is 3.72. The molecule has 3 heteroatoms. The van der Waals surface area contributed by atoms with Crippen LogP contribution in [-0.4, -0.2) is 13.1 Å².